The van der Waals surface area contributed by atoms with Crippen molar-refractivity contribution in [3.05, 3.63) is 47.0 Å². The minimum atomic E-state index is -0.456. The average Bonchev–Trinajstić information content (AvgIpc) is 3.08. The average molecular weight is 445 g/mol. The Bertz CT molecular complexity index is 1000. The van der Waals surface area contributed by atoms with Gasteiger partial charge in [0.15, 0.2) is 5.69 Å². The monoisotopic (exact) mass is 444 g/mol. The number of nitrogens with zero attached hydrogens (tertiary/aromatic N) is 4. The highest BCUT2D eigenvalue weighted by Gasteiger charge is 2.29. The van der Waals surface area contributed by atoms with E-state index in [1.54, 1.807) is 22.7 Å². The molecule has 9 nitrogen and oxygen atoms in total. The predicted octanol–water partition coefficient (Wildman–Crippen LogP) is 1.15. The molecule has 2 N–H and O–H groups in total. The number of carbonyl (C=O) groups excluding carboxylic acids is 3. The van der Waals surface area contributed by atoms with Crippen molar-refractivity contribution in [2.75, 3.05) is 39.0 Å². The van der Waals surface area contributed by atoms with Crippen molar-refractivity contribution in [3.63, 3.8) is 0 Å². The Hall–Kier alpha value is -3.27. The quantitative estimate of drug-likeness (QED) is 0.637. The molecule has 172 valence electrons. The maximum Gasteiger partial charge on any atom is 0.276 e. The van der Waals surface area contributed by atoms with E-state index < -0.39 is 11.7 Å². The molecule has 0 saturated carbocycles. The number of fused-ring (bicyclic) bond motifs is 1. The smallest absolute Gasteiger partial charge is 0.276 e. The molecule has 1 aliphatic heterocycles. The fourth-order valence-electron chi connectivity index (χ4n) is 3.63. The molecule has 0 spiro atoms. The number of aryl methyl sites for hydroxylation is 1. The van der Waals surface area contributed by atoms with Gasteiger partial charge in [0.25, 0.3) is 5.91 Å². The summed E-state index contributed by atoms with van der Waals surface area (Å²) in [6.07, 6.45) is 0.788. The third-order valence-corrected chi connectivity index (χ3v) is 5.34. The molecule has 2 aromatic rings. The van der Waals surface area contributed by atoms with Crippen molar-refractivity contribution in [2.45, 2.75) is 25.8 Å². The van der Waals surface area contributed by atoms with E-state index >= 15 is 0 Å². The van der Waals surface area contributed by atoms with Gasteiger partial charge < -0.3 is 20.4 Å². The lowest BCUT2D eigenvalue weighted by molar-refractivity contribution is -0.134. The molecule has 10 heteroatoms. The van der Waals surface area contributed by atoms with Crippen LogP contribution in [0, 0.1) is 5.82 Å². The van der Waals surface area contributed by atoms with Crippen molar-refractivity contribution >= 4 is 23.4 Å². The van der Waals surface area contributed by atoms with Gasteiger partial charge in [-0.1, -0.05) is 6.07 Å². The van der Waals surface area contributed by atoms with Crippen LogP contribution in [-0.2, 0) is 29.6 Å². The van der Waals surface area contributed by atoms with E-state index in [2.05, 4.69) is 15.7 Å². The zero-order valence-electron chi connectivity index (χ0n) is 18.7. The Morgan fingerprint density at radius 1 is 1.22 bits per heavy atom. The molecule has 0 fully saturated rings. The van der Waals surface area contributed by atoms with Crippen LogP contribution < -0.4 is 10.6 Å². The number of hydrogen-bond donors (Lipinski definition) is 2. The Morgan fingerprint density at radius 3 is 2.72 bits per heavy atom. The zero-order chi connectivity index (χ0) is 23.3. The van der Waals surface area contributed by atoms with E-state index in [0.717, 1.165) is 12.2 Å². The number of nitrogens with one attached hydrogen (secondary N) is 2. The molecule has 0 unspecified atom stereocenters. The lowest BCUT2D eigenvalue weighted by Crippen LogP contribution is -2.38. The van der Waals surface area contributed by atoms with E-state index in [1.165, 1.54) is 18.2 Å². The zero-order valence-corrected chi connectivity index (χ0v) is 18.7. The summed E-state index contributed by atoms with van der Waals surface area (Å²) in [6, 6.07) is 5.63. The van der Waals surface area contributed by atoms with Crippen LogP contribution in [0.25, 0.3) is 0 Å². The topological polar surface area (TPSA) is 99.6 Å². The molecule has 1 aliphatic rings. The molecule has 0 atom stereocenters. The lowest BCUT2D eigenvalue weighted by atomic mass is 10.0. The Morgan fingerprint density at radius 2 is 2.00 bits per heavy atom. The minimum Gasteiger partial charge on any atom is -0.355 e. The van der Waals surface area contributed by atoms with Crippen molar-refractivity contribution in [1.29, 1.82) is 0 Å². The van der Waals surface area contributed by atoms with Crippen molar-refractivity contribution in [3.8, 4) is 0 Å². The maximum absolute atomic E-state index is 13.4. The first-order valence-electron chi connectivity index (χ1n) is 10.6. The normalized spacial score (nSPS) is 13.1. The number of benzene rings is 1. The number of amides is 3. The van der Waals surface area contributed by atoms with E-state index in [9.17, 15) is 18.8 Å². The highest BCUT2D eigenvalue weighted by atomic mass is 19.1. The van der Waals surface area contributed by atoms with Gasteiger partial charge in [-0.15, -0.1) is 0 Å². The first-order chi connectivity index (χ1) is 15.2. The number of aromatic nitrogens is 2. The molecule has 32 heavy (non-hydrogen) atoms. The third kappa shape index (κ3) is 5.91. The van der Waals surface area contributed by atoms with Crippen LogP contribution in [0.5, 0.6) is 0 Å². The van der Waals surface area contributed by atoms with Gasteiger partial charge >= 0.3 is 0 Å². The van der Waals surface area contributed by atoms with Crippen LogP contribution in [0.2, 0.25) is 0 Å². The van der Waals surface area contributed by atoms with Gasteiger partial charge in [0.2, 0.25) is 11.8 Å². The number of anilines is 1. The molecule has 1 aromatic carbocycles. The molecular formula is C22H29FN6O3. The predicted molar refractivity (Wildman–Crippen MR) is 117 cm³/mol. The number of rotatable bonds is 8. The highest BCUT2D eigenvalue weighted by Crippen LogP contribution is 2.24. The van der Waals surface area contributed by atoms with E-state index in [1.807, 2.05) is 19.0 Å². The summed E-state index contributed by atoms with van der Waals surface area (Å²) >= 11 is 0. The van der Waals surface area contributed by atoms with E-state index in [4.69, 9.17) is 0 Å². The molecule has 1 aromatic heterocycles. The highest BCUT2D eigenvalue weighted by molar-refractivity contribution is 6.04. The summed E-state index contributed by atoms with van der Waals surface area (Å²) < 4.78 is 15.1. The fraction of sp³-hybridized carbons (Fsp3) is 0.455. The largest absolute Gasteiger partial charge is 0.355 e. The number of carbonyl (C=O) groups is 3. The first-order valence-corrected chi connectivity index (χ1v) is 10.6. The second-order valence-corrected chi connectivity index (χ2v) is 8.08. The number of hydrogen-bond acceptors (Lipinski definition) is 5. The van der Waals surface area contributed by atoms with Crippen molar-refractivity contribution < 1.29 is 18.8 Å². The summed E-state index contributed by atoms with van der Waals surface area (Å²) in [6.45, 7) is 2.01. The molecule has 0 aliphatic carbocycles. The number of halogens is 1. The molecule has 0 bridgehead atoms. The SMILES string of the molecule is CN(C)CCNC(=O)CCC(=O)N1CCc2c(c(C(=O)Nc3cccc(F)c3)nn2C)C1. The van der Waals surface area contributed by atoms with Crippen LogP contribution in [0.15, 0.2) is 24.3 Å². The van der Waals surface area contributed by atoms with Gasteiger partial charge in [-0.2, -0.15) is 5.10 Å². The molecule has 3 amide bonds. The van der Waals surface area contributed by atoms with Crippen molar-refractivity contribution in [2.24, 2.45) is 7.05 Å². The second kappa shape index (κ2) is 10.4. The molecule has 0 radical (unpaired) electrons. The fourth-order valence-corrected chi connectivity index (χ4v) is 3.63. The van der Waals surface area contributed by atoms with Crippen LogP contribution in [0.4, 0.5) is 10.1 Å². The van der Waals surface area contributed by atoms with Gasteiger partial charge in [-0.25, -0.2) is 4.39 Å². The van der Waals surface area contributed by atoms with Gasteiger partial charge in [-0.05, 0) is 32.3 Å². The van der Waals surface area contributed by atoms with Crippen LogP contribution >= 0.6 is 0 Å². The second-order valence-electron chi connectivity index (χ2n) is 8.08. The third-order valence-electron chi connectivity index (χ3n) is 5.34. The lowest BCUT2D eigenvalue weighted by Gasteiger charge is -2.27. The summed E-state index contributed by atoms with van der Waals surface area (Å²) in [4.78, 5) is 41.0. The van der Waals surface area contributed by atoms with Crippen molar-refractivity contribution in [1.82, 2.24) is 24.9 Å². The molecular weight excluding hydrogens is 415 g/mol. The molecule has 3 rings (SSSR count). The summed E-state index contributed by atoms with van der Waals surface area (Å²) in [5.41, 5.74) is 2.11. The van der Waals surface area contributed by atoms with Gasteiger partial charge in [0, 0.05) is 69.4 Å². The maximum atomic E-state index is 13.4. The standard InChI is InChI=1S/C22H29FN6O3/c1-27(2)12-10-24-19(30)7-8-20(31)29-11-9-18-17(14-29)21(26-28(18)3)22(32)25-16-6-4-5-15(23)13-16/h4-6,13H,7-12,14H2,1-3H3,(H,24,30)(H,25,32). The summed E-state index contributed by atoms with van der Waals surface area (Å²) in [5, 5.41) is 9.79. The van der Waals surface area contributed by atoms with Crippen LogP contribution in [0.3, 0.4) is 0 Å². The van der Waals surface area contributed by atoms with E-state index in [-0.39, 0.29) is 36.9 Å². The van der Waals surface area contributed by atoms with Gasteiger partial charge in [-0.3, -0.25) is 19.1 Å². The summed E-state index contributed by atoms with van der Waals surface area (Å²) in [7, 11) is 5.60. The molecule has 0 saturated heterocycles. The summed E-state index contributed by atoms with van der Waals surface area (Å²) in [5.74, 6) is -1.21. The van der Waals surface area contributed by atoms with Crippen LogP contribution in [-0.4, -0.2) is 71.0 Å². The first kappa shape index (κ1) is 23.4. The minimum absolute atomic E-state index is 0.105. The van der Waals surface area contributed by atoms with Crippen LogP contribution in [0.1, 0.15) is 34.6 Å². The van der Waals surface area contributed by atoms with Gasteiger partial charge in [0.05, 0.1) is 0 Å². The Kier molecular flexibility index (Phi) is 7.57. The Balaban J connectivity index is 1.61. The number of likely N-dealkylation sites (N-methyl/N-ethyl adjacent to an activating group) is 1. The van der Waals surface area contributed by atoms with E-state index in [0.29, 0.717) is 30.8 Å². The Labute approximate surface area is 186 Å². The molecule has 2 heterocycles. The van der Waals surface area contributed by atoms with Gasteiger partial charge in [0.1, 0.15) is 5.82 Å².